The molecule has 0 unspecified atom stereocenters. The minimum atomic E-state index is -0.883. The zero-order valence-corrected chi connectivity index (χ0v) is 33.0. The summed E-state index contributed by atoms with van der Waals surface area (Å²) in [6, 6.07) is 30.3. The van der Waals surface area contributed by atoms with Gasteiger partial charge in [-0.1, -0.05) is 163 Å². The summed E-state index contributed by atoms with van der Waals surface area (Å²) in [6.45, 7) is 0. The maximum absolute atomic E-state index is 10.3. The number of aromatic nitrogens is 3. The summed E-state index contributed by atoms with van der Waals surface area (Å²) < 4.78 is 160. The average molecular weight is 819 g/mol. The topological polar surface area (TPSA) is 14.8 Å². The third-order valence-corrected chi connectivity index (χ3v) is 11.7. The second-order valence-corrected chi connectivity index (χ2v) is 15.2. The third-order valence-electron chi connectivity index (χ3n) is 11.7. The van der Waals surface area contributed by atoms with Crippen LogP contribution in [0.3, 0.4) is 0 Å². The van der Waals surface area contributed by atoms with E-state index < -0.39 is 136 Å². The molecule has 10 aromatic carbocycles. The van der Waals surface area contributed by atoms with Crippen molar-refractivity contribution in [2.24, 2.45) is 0 Å². The molecule has 3 heteroatoms. The van der Waals surface area contributed by atoms with E-state index in [1.54, 1.807) is 16.7 Å². The maximum Gasteiger partial charge on any atom is 0.0651 e. The largest absolute Gasteiger partial charge is 0.309 e. The van der Waals surface area contributed by atoms with Gasteiger partial charge in [0.2, 0.25) is 0 Å². The summed E-state index contributed by atoms with van der Waals surface area (Å²) in [7, 11) is 0. The molecular weight excluding hydrogens is 763 g/mol. The molecule has 3 nitrogen and oxygen atoms in total. The van der Waals surface area contributed by atoms with E-state index >= 15 is 0 Å². The first-order chi connectivity index (χ1) is 38.3. The van der Waals surface area contributed by atoms with Gasteiger partial charge >= 0.3 is 0 Å². The number of rotatable bonds is 6. The van der Waals surface area contributed by atoms with E-state index in [0.29, 0.717) is 27.5 Å². The highest BCUT2D eigenvalue weighted by Crippen LogP contribution is 2.41. The summed E-state index contributed by atoms with van der Waals surface area (Å²) in [5.74, 6) is 0. The van der Waals surface area contributed by atoms with E-state index in [9.17, 15) is 6.85 Å². The van der Waals surface area contributed by atoms with E-state index in [1.165, 1.54) is 0 Å². The Hall–Kier alpha value is -8.40. The van der Waals surface area contributed by atoms with E-state index in [0.717, 1.165) is 49.3 Å². The molecule has 0 saturated heterocycles. The minimum absolute atomic E-state index is 0.304. The SMILES string of the molecule is [2H]c1c([2H])c([2H])c(-c2c([2H])c([2H])c([2H])c(-c3c([2H])c(-c4c([2H])c([2H])c([2H])c([2H])c4[2H])c([2H])c(-n4c5ccccc5c5ccc(-n6c7ccccc7c7ccc(-n8c9ccccc9c9ccccc98)cc76)cc54)c3[2H])c2[2H])c([2H])c1[2H]. The molecule has 0 N–H and O–H groups in total. The molecule has 0 aliphatic heterocycles. The Morgan fingerprint density at radius 2 is 0.587 bits per heavy atom. The first kappa shape index (κ1) is 22.4. The minimum Gasteiger partial charge on any atom is -0.309 e. The Morgan fingerprint density at radius 3 is 1.06 bits per heavy atom. The fourth-order valence-electron chi connectivity index (χ4n) is 9.08. The fourth-order valence-corrected chi connectivity index (χ4v) is 9.08. The Bertz CT molecular complexity index is 4830. The highest BCUT2D eigenvalue weighted by atomic mass is 15.0. The van der Waals surface area contributed by atoms with Gasteiger partial charge in [0, 0.05) is 49.4 Å². The summed E-state index contributed by atoms with van der Waals surface area (Å²) in [5.41, 5.74) is 2.14. The van der Waals surface area contributed by atoms with E-state index in [1.807, 2.05) is 78.9 Å². The molecule has 0 fully saturated rings. The van der Waals surface area contributed by atoms with Gasteiger partial charge in [-0.2, -0.15) is 0 Å². The van der Waals surface area contributed by atoms with Crippen LogP contribution in [0.15, 0.2) is 236 Å². The molecule has 0 radical (unpaired) electrons. The van der Waals surface area contributed by atoms with Crippen LogP contribution in [0.1, 0.15) is 23.3 Å². The number of hydrogen-bond acceptors (Lipinski definition) is 0. The van der Waals surface area contributed by atoms with Gasteiger partial charge in [-0.05, 0) is 106 Å². The van der Waals surface area contributed by atoms with Crippen LogP contribution in [-0.2, 0) is 0 Å². The van der Waals surface area contributed by atoms with Gasteiger partial charge in [0.1, 0.15) is 0 Å². The van der Waals surface area contributed by atoms with Crippen molar-refractivity contribution in [2.75, 3.05) is 0 Å². The van der Waals surface area contributed by atoms with Gasteiger partial charge in [-0.3, -0.25) is 0 Å². The van der Waals surface area contributed by atoms with Crippen LogP contribution in [0, 0.1) is 0 Å². The molecule has 0 spiro atoms. The lowest BCUT2D eigenvalue weighted by atomic mass is 9.95. The molecule has 63 heavy (non-hydrogen) atoms. The smallest absolute Gasteiger partial charge is 0.0651 e. The van der Waals surface area contributed by atoms with E-state index in [-0.39, 0.29) is 5.69 Å². The third kappa shape index (κ3) is 5.60. The molecule has 0 atom stereocenters. The quantitative estimate of drug-likeness (QED) is 0.159. The molecule has 13 aromatic rings. The number of hydrogen-bond donors (Lipinski definition) is 0. The number of fused-ring (bicyclic) bond motifs is 9. The lowest BCUT2D eigenvalue weighted by Gasteiger charge is -2.15. The highest BCUT2D eigenvalue weighted by molar-refractivity contribution is 6.13. The summed E-state index contributed by atoms with van der Waals surface area (Å²) in [6.07, 6.45) is 0. The van der Waals surface area contributed by atoms with Gasteiger partial charge in [0.05, 0.1) is 56.4 Å². The summed E-state index contributed by atoms with van der Waals surface area (Å²) >= 11 is 0. The second kappa shape index (κ2) is 14.1. The monoisotopic (exact) mass is 818 g/mol. The lowest BCUT2D eigenvalue weighted by molar-refractivity contribution is 1.14. The predicted octanol–water partition coefficient (Wildman–Crippen LogP) is 16.0. The molecule has 3 heterocycles. The standard InChI is InChI=1S/C60H39N3/c1-3-16-40(17-4-1)42-20-15-21-43(34-42)45-35-44(41-18-5-2-6-19-41)36-48(37-45)63-58-29-14-10-25-52(58)54-33-31-47(39-60(54)63)62-57-28-13-9-24-51(57)53-32-30-46(38-59(53)62)61-55-26-11-7-22-49(55)50-23-8-12-27-56(50)61/h1-39H/i1D,2D,3D,4D,5D,6D,15D,16D,17D,18D,19D,20D,21D,34D,35D,36D,37D. The average Bonchev–Trinajstić information content (AvgIpc) is 4.27. The zero-order valence-electron chi connectivity index (χ0n) is 50.0. The van der Waals surface area contributed by atoms with Crippen molar-refractivity contribution in [3.05, 3.63) is 236 Å². The molecule has 294 valence electrons. The zero-order chi connectivity index (χ0) is 56.2. The lowest BCUT2D eigenvalue weighted by Crippen LogP contribution is -1.99. The van der Waals surface area contributed by atoms with Crippen LogP contribution in [-0.4, -0.2) is 13.7 Å². The molecule has 0 bridgehead atoms. The second-order valence-electron chi connectivity index (χ2n) is 15.2. The van der Waals surface area contributed by atoms with Crippen molar-refractivity contribution in [3.8, 4) is 50.4 Å². The van der Waals surface area contributed by atoms with E-state index in [2.05, 4.69) is 51.6 Å². The van der Waals surface area contributed by atoms with Crippen LogP contribution in [0.4, 0.5) is 0 Å². The Balaban J connectivity index is 1.15. The van der Waals surface area contributed by atoms with Crippen molar-refractivity contribution in [1.82, 2.24) is 13.7 Å². The molecular formula is C60H39N3. The first-order valence-electron chi connectivity index (χ1n) is 28.8. The van der Waals surface area contributed by atoms with Crippen molar-refractivity contribution in [2.45, 2.75) is 0 Å². The summed E-state index contributed by atoms with van der Waals surface area (Å²) in [4.78, 5) is 0. The number of benzene rings is 10. The van der Waals surface area contributed by atoms with Crippen LogP contribution < -0.4 is 0 Å². The molecule has 0 aliphatic carbocycles. The van der Waals surface area contributed by atoms with Crippen LogP contribution in [0.25, 0.3) is 116 Å². The number of para-hydroxylation sites is 4. The predicted molar refractivity (Wildman–Crippen MR) is 266 cm³/mol. The van der Waals surface area contributed by atoms with Gasteiger partial charge < -0.3 is 13.7 Å². The molecule has 0 saturated carbocycles. The molecule has 0 amide bonds. The van der Waals surface area contributed by atoms with Gasteiger partial charge in [-0.15, -0.1) is 0 Å². The number of nitrogens with zero attached hydrogens (tertiary/aromatic N) is 3. The molecule has 13 rings (SSSR count). The van der Waals surface area contributed by atoms with Gasteiger partial charge in [-0.25, -0.2) is 0 Å². The molecule has 0 aliphatic rings. The van der Waals surface area contributed by atoms with Crippen molar-refractivity contribution in [3.63, 3.8) is 0 Å². The Kier molecular flexibility index (Phi) is 5.02. The van der Waals surface area contributed by atoms with Crippen molar-refractivity contribution >= 4 is 65.4 Å². The van der Waals surface area contributed by atoms with Gasteiger partial charge in [0.15, 0.2) is 0 Å². The van der Waals surface area contributed by atoms with Crippen molar-refractivity contribution < 1.29 is 23.3 Å². The van der Waals surface area contributed by atoms with Crippen molar-refractivity contribution in [1.29, 1.82) is 0 Å². The Labute approximate surface area is 388 Å². The maximum atomic E-state index is 10.3. The Morgan fingerprint density at radius 1 is 0.254 bits per heavy atom. The fraction of sp³-hybridized carbons (Fsp3) is 0. The van der Waals surface area contributed by atoms with Crippen LogP contribution >= 0.6 is 0 Å². The normalized spacial score (nSPS) is 15.6. The first-order valence-corrected chi connectivity index (χ1v) is 20.3. The highest BCUT2D eigenvalue weighted by Gasteiger charge is 2.20. The van der Waals surface area contributed by atoms with Gasteiger partial charge in [0.25, 0.3) is 0 Å². The van der Waals surface area contributed by atoms with E-state index in [4.69, 9.17) is 16.4 Å². The summed E-state index contributed by atoms with van der Waals surface area (Å²) in [5, 5.41) is 5.42. The molecule has 3 aromatic heterocycles. The van der Waals surface area contributed by atoms with Crippen LogP contribution in [0.5, 0.6) is 0 Å². The van der Waals surface area contributed by atoms with Crippen LogP contribution in [0.2, 0.25) is 0 Å².